The maximum atomic E-state index is 13.3. The minimum absolute atomic E-state index is 0.0902. The van der Waals surface area contributed by atoms with Gasteiger partial charge in [0.1, 0.15) is 12.4 Å². The first-order chi connectivity index (χ1) is 15.8. The third kappa shape index (κ3) is 6.10. The molecule has 3 aromatic carbocycles. The van der Waals surface area contributed by atoms with Crippen LogP contribution in [0.1, 0.15) is 19.4 Å². The molecule has 33 heavy (non-hydrogen) atoms. The van der Waals surface area contributed by atoms with E-state index in [2.05, 4.69) is 24.1 Å². The van der Waals surface area contributed by atoms with Crippen LogP contribution < -0.4 is 14.5 Å². The molecular formula is C25H28FN3O3S. The molecule has 3 aromatic rings. The Balaban J connectivity index is 1.74. The van der Waals surface area contributed by atoms with Crippen molar-refractivity contribution < 1.29 is 17.6 Å². The number of hydrogen-bond acceptors (Lipinski definition) is 4. The lowest BCUT2D eigenvalue weighted by molar-refractivity contribution is -0.119. The lowest BCUT2D eigenvalue weighted by Crippen LogP contribution is -2.40. The molecule has 0 aliphatic rings. The van der Waals surface area contributed by atoms with E-state index in [1.165, 1.54) is 12.1 Å². The molecule has 0 aromatic heterocycles. The first kappa shape index (κ1) is 24.3. The van der Waals surface area contributed by atoms with Gasteiger partial charge in [-0.25, -0.2) is 12.8 Å². The maximum Gasteiger partial charge on any atom is 0.264 e. The zero-order valence-corrected chi connectivity index (χ0v) is 19.6. The molecular weight excluding hydrogens is 441 g/mol. The quantitative estimate of drug-likeness (QED) is 0.484. The molecule has 0 bridgehead atoms. The summed E-state index contributed by atoms with van der Waals surface area (Å²) in [5.74, 6) is -0.984. The van der Waals surface area contributed by atoms with Crippen LogP contribution in [0.5, 0.6) is 0 Å². The number of carbonyl (C=O) groups is 1. The second-order valence-corrected chi connectivity index (χ2v) is 9.28. The highest BCUT2D eigenvalue weighted by molar-refractivity contribution is 7.92. The Morgan fingerprint density at radius 1 is 0.848 bits per heavy atom. The lowest BCUT2D eigenvalue weighted by atomic mass is 10.2. The molecule has 174 valence electrons. The SMILES string of the molecule is CCN(CC)c1ccc(CNC(=O)CN(c2ccccc2)S(=O)(=O)c2ccc(F)cc2)cc1. The van der Waals surface area contributed by atoms with Gasteiger partial charge >= 0.3 is 0 Å². The number of benzene rings is 3. The molecule has 8 heteroatoms. The number of hydrogen-bond donors (Lipinski definition) is 1. The predicted octanol–water partition coefficient (Wildman–Crippen LogP) is 4.18. The molecule has 1 amide bonds. The monoisotopic (exact) mass is 469 g/mol. The Morgan fingerprint density at radius 2 is 1.45 bits per heavy atom. The predicted molar refractivity (Wildman–Crippen MR) is 129 cm³/mol. The standard InChI is InChI=1S/C25H28FN3O3S/c1-3-28(4-2)22-14-10-20(11-15-22)18-27-25(30)19-29(23-8-6-5-7-9-23)33(31,32)24-16-12-21(26)13-17-24/h5-17H,3-4,18-19H2,1-2H3,(H,27,30). The van der Waals surface area contributed by atoms with Crippen molar-refractivity contribution in [2.75, 3.05) is 28.8 Å². The molecule has 0 spiro atoms. The summed E-state index contributed by atoms with van der Waals surface area (Å²) >= 11 is 0. The first-order valence-electron chi connectivity index (χ1n) is 10.8. The fraction of sp³-hybridized carbons (Fsp3) is 0.240. The molecule has 0 unspecified atom stereocenters. The van der Waals surface area contributed by atoms with Gasteiger partial charge in [0.25, 0.3) is 10.0 Å². The van der Waals surface area contributed by atoms with Crippen LogP contribution in [0.4, 0.5) is 15.8 Å². The fourth-order valence-corrected chi connectivity index (χ4v) is 4.86. The first-order valence-corrected chi connectivity index (χ1v) is 12.2. The zero-order valence-electron chi connectivity index (χ0n) is 18.7. The van der Waals surface area contributed by atoms with Gasteiger partial charge < -0.3 is 10.2 Å². The lowest BCUT2D eigenvalue weighted by Gasteiger charge is -2.24. The van der Waals surface area contributed by atoms with Crippen molar-refractivity contribution in [1.29, 1.82) is 0 Å². The molecule has 0 aliphatic heterocycles. The second kappa shape index (κ2) is 11.0. The van der Waals surface area contributed by atoms with Crippen LogP contribution in [0.2, 0.25) is 0 Å². The summed E-state index contributed by atoms with van der Waals surface area (Å²) in [4.78, 5) is 14.8. The van der Waals surface area contributed by atoms with Crippen molar-refractivity contribution >= 4 is 27.3 Å². The Labute approximate surface area is 194 Å². The van der Waals surface area contributed by atoms with Gasteiger partial charge in [-0.05, 0) is 67.9 Å². The summed E-state index contributed by atoms with van der Waals surface area (Å²) in [7, 11) is -4.07. The van der Waals surface area contributed by atoms with E-state index in [0.717, 1.165) is 40.8 Å². The van der Waals surface area contributed by atoms with E-state index in [0.29, 0.717) is 5.69 Å². The van der Waals surface area contributed by atoms with Crippen molar-refractivity contribution in [2.24, 2.45) is 0 Å². The van der Waals surface area contributed by atoms with Crippen LogP contribution in [0.15, 0.2) is 83.8 Å². The van der Waals surface area contributed by atoms with Crippen molar-refractivity contribution in [1.82, 2.24) is 5.32 Å². The summed E-state index contributed by atoms with van der Waals surface area (Å²) < 4.78 is 40.8. The Morgan fingerprint density at radius 3 is 2.03 bits per heavy atom. The van der Waals surface area contributed by atoms with E-state index in [-0.39, 0.29) is 11.4 Å². The van der Waals surface area contributed by atoms with Crippen LogP contribution in [0.3, 0.4) is 0 Å². The molecule has 0 heterocycles. The van der Waals surface area contributed by atoms with Gasteiger partial charge in [0, 0.05) is 25.3 Å². The minimum Gasteiger partial charge on any atom is -0.372 e. The molecule has 6 nitrogen and oxygen atoms in total. The van der Waals surface area contributed by atoms with Crippen LogP contribution in [-0.4, -0.2) is 34.0 Å². The number of sulfonamides is 1. The second-order valence-electron chi connectivity index (χ2n) is 7.42. The van der Waals surface area contributed by atoms with Crippen molar-refractivity contribution in [3.05, 3.63) is 90.2 Å². The van der Waals surface area contributed by atoms with Gasteiger partial charge in [0.05, 0.1) is 10.6 Å². The van der Waals surface area contributed by atoms with Crippen molar-refractivity contribution in [2.45, 2.75) is 25.3 Å². The summed E-state index contributed by atoms with van der Waals surface area (Å²) in [6.07, 6.45) is 0. The largest absolute Gasteiger partial charge is 0.372 e. The third-order valence-electron chi connectivity index (χ3n) is 5.29. The Bertz CT molecular complexity index is 1150. The molecule has 0 atom stereocenters. The zero-order chi connectivity index (χ0) is 23.8. The van der Waals surface area contributed by atoms with Crippen molar-refractivity contribution in [3.8, 4) is 0 Å². The number of rotatable bonds is 10. The van der Waals surface area contributed by atoms with Gasteiger partial charge in [0.15, 0.2) is 0 Å². The molecule has 0 fully saturated rings. The average Bonchev–Trinajstić information content (AvgIpc) is 2.83. The normalized spacial score (nSPS) is 11.1. The number of nitrogens with one attached hydrogen (secondary N) is 1. The highest BCUT2D eigenvalue weighted by atomic mass is 32.2. The van der Waals surface area contributed by atoms with Crippen LogP contribution in [0.25, 0.3) is 0 Å². The molecule has 3 rings (SSSR count). The van der Waals surface area contributed by atoms with Crippen molar-refractivity contribution in [3.63, 3.8) is 0 Å². The number of anilines is 2. The molecule has 0 radical (unpaired) electrons. The number of halogens is 1. The molecule has 0 saturated heterocycles. The van der Waals surface area contributed by atoms with Gasteiger partial charge in [-0.1, -0.05) is 30.3 Å². The summed E-state index contributed by atoms with van der Waals surface area (Å²) in [6, 6.07) is 20.8. The van der Waals surface area contributed by atoms with E-state index in [4.69, 9.17) is 0 Å². The van der Waals surface area contributed by atoms with E-state index in [9.17, 15) is 17.6 Å². The molecule has 1 N–H and O–H groups in total. The average molecular weight is 470 g/mol. The van der Waals surface area contributed by atoms with E-state index in [1.54, 1.807) is 30.3 Å². The van der Waals surface area contributed by atoms with E-state index >= 15 is 0 Å². The number of amides is 1. The number of nitrogens with zero attached hydrogens (tertiary/aromatic N) is 2. The van der Waals surface area contributed by atoms with Gasteiger partial charge in [-0.2, -0.15) is 0 Å². The highest BCUT2D eigenvalue weighted by Gasteiger charge is 2.27. The van der Waals surface area contributed by atoms with Gasteiger partial charge in [-0.15, -0.1) is 0 Å². The maximum absolute atomic E-state index is 13.3. The van der Waals surface area contributed by atoms with Crippen LogP contribution >= 0.6 is 0 Å². The topological polar surface area (TPSA) is 69.7 Å². The molecule has 0 aliphatic carbocycles. The Kier molecular flexibility index (Phi) is 8.06. The fourth-order valence-electron chi connectivity index (χ4n) is 3.44. The summed E-state index contributed by atoms with van der Waals surface area (Å²) in [5.41, 5.74) is 2.36. The van der Waals surface area contributed by atoms with E-state index < -0.39 is 28.3 Å². The van der Waals surface area contributed by atoms with Gasteiger partial charge in [-0.3, -0.25) is 9.10 Å². The minimum atomic E-state index is -4.07. The highest BCUT2D eigenvalue weighted by Crippen LogP contribution is 2.23. The Hall–Kier alpha value is -3.39. The number of para-hydroxylation sites is 1. The molecule has 0 saturated carbocycles. The summed E-state index contributed by atoms with van der Waals surface area (Å²) in [6.45, 7) is 5.87. The van der Waals surface area contributed by atoms with Crippen LogP contribution in [-0.2, 0) is 21.4 Å². The summed E-state index contributed by atoms with van der Waals surface area (Å²) in [5, 5.41) is 2.79. The van der Waals surface area contributed by atoms with E-state index in [1.807, 2.05) is 24.3 Å². The van der Waals surface area contributed by atoms with Crippen LogP contribution in [0, 0.1) is 5.82 Å². The van der Waals surface area contributed by atoms with Gasteiger partial charge in [0.2, 0.25) is 5.91 Å². The smallest absolute Gasteiger partial charge is 0.264 e. The third-order valence-corrected chi connectivity index (χ3v) is 7.08. The number of carbonyl (C=O) groups excluding carboxylic acids is 1.